The minimum Gasteiger partial charge on any atom is -0.490 e. The average Bonchev–Trinajstić information content (AvgIpc) is 2.56. The highest BCUT2D eigenvalue weighted by Crippen LogP contribution is 2.30. The van der Waals surface area contributed by atoms with Crippen LogP contribution in [-0.4, -0.2) is 18.3 Å². The van der Waals surface area contributed by atoms with Crippen molar-refractivity contribution in [3.63, 3.8) is 0 Å². The Hall–Kier alpha value is -1.79. The van der Waals surface area contributed by atoms with Crippen molar-refractivity contribution in [2.24, 2.45) is 0 Å². The molecule has 0 heterocycles. The van der Waals surface area contributed by atoms with E-state index < -0.39 is 0 Å². The van der Waals surface area contributed by atoms with Crippen molar-refractivity contribution in [1.82, 2.24) is 5.32 Å². The maximum Gasteiger partial charge on any atom is 0.171 e. The zero-order valence-corrected chi connectivity index (χ0v) is 17.0. The lowest BCUT2D eigenvalue weighted by molar-refractivity contribution is 0.287. The Kier molecular flexibility index (Phi) is 7.52. The van der Waals surface area contributed by atoms with E-state index in [2.05, 4.69) is 33.5 Å². The summed E-state index contributed by atoms with van der Waals surface area (Å²) in [5.74, 6) is 1.51. The van der Waals surface area contributed by atoms with Crippen LogP contribution in [0.2, 0.25) is 0 Å². The standard InChI is InChI=1S/C19H23BrN2O2S/c1-4-23-17-10-9-14(11-18(17)24-5-2)13(3)21-19(25)22-16-8-6-7-15(20)12-16/h6-13H,4-5H2,1-3H3,(H2,21,22,25). The molecule has 0 amide bonds. The first-order chi connectivity index (χ1) is 12.0. The van der Waals surface area contributed by atoms with Crippen LogP contribution >= 0.6 is 28.1 Å². The van der Waals surface area contributed by atoms with Crippen LogP contribution in [0.25, 0.3) is 0 Å². The molecule has 2 rings (SSSR count). The Labute approximate surface area is 163 Å². The highest BCUT2D eigenvalue weighted by molar-refractivity contribution is 9.10. The maximum absolute atomic E-state index is 5.69. The predicted octanol–water partition coefficient (Wildman–Crippen LogP) is 5.29. The third-order valence-electron chi connectivity index (χ3n) is 3.50. The molecular weight excluding hydrogens is 400 g/mol. The van der Waals surface area contributed by atoms with Gasteiger partial charge in [0.15, 0.2) is 16.6 Å². The van der Waals surface area contributed by atoms with E-state index in [0.717, 1.165) is 27.2 Å². The second kappa shape index (κ2) is 9.63. The van der Waals surface area contributed by atoms with Crippen LogP contribution in [0.1, 0.15) is 32.4 Å². The Bertz CT molecular complexity index is 724. The van der Waals surface area contributed by atoms with Gasteiger partial charge in [-0.1, -0.05) is 28.1 Å². The van der Waals surface area contributed by atoms with Crippen LogP contribution < -0.4 is 20.1 Å². The number of thiocarbonyl (C=S) groups is 1. The van der Waals surface area contributed by atoms with Crippen molar-refractivity contribution < 1.29 is 9.47 Å². The van der Waals surface area contributed by atoms with Crippen molar-refractivity contribution in [3.05, 3.63) is 52.5 Å². The van der Waals surface area contributed by atoms with Gasteiger partial charge in [0.1, 0.15) is 0 Å². The van der Waals surface area contributed by atoms with Gasteiger partial charge in [-0.25, -0.2) is 0 Å². The summed E-state index contributed by atoms with van der Waals surface area (Å²) in [4.78, 5) is 0. The van der Waals surface area contributed by atoms with Gasteiger partial charge in [0.05, 0.1) is 19.3 Å². The summed E-state index contributed by atoms with van der Waals surface area (Å²) >= 11 is 8.87. The first-order valence-electron chi connectivity index (χ1n) is 8.26. The average molecular weight is 423 g/mol. The fourth-order valence-electron chi connectivity index (χ4n) is 2.35. The lowest BCUT2D eigenvalue weighted by Gasteiger charge is -2.19. The number of hydrogen-bond acceptors (Lipinski definition) is 3. The molecule has 2 aromatic rings. The van der Waals surface area contributed by atoms with E-state index in [1.165, 1.54) is 0 Å². The highest BCUT2D eigenvalue weighted by atomic mass is 79.9. The molecule has 25 heavy (non-hydrogen) atoms. The molecule has 0 aromatic heterocycles. The van der Waals surface area contributed by atoms with E-state index in [9.17, 15) is 0 Å². The van der Waals surface area contributed by atoms with Gasteiger partial charge in [-0.3, -0.25) is 0 Å². The Morgan fingerprint density at radius 3 is 2.48 bits per heavy atom. The Balaban J connectivity index is 2.05. The van der Waals surface area contributed by atoms with Gasteiger partial charge in [0.2, 0.25) is 0 Å². The fraction of sp³-hybridized carbons (Fsp3) is 0.316. The molecule has 0 bridgehead atoms. The van der Waals surface area contributed by atoms with E-state index in [0.29, 0.717) is 18.3 Å². The second-order valence-corrected chi connectivity index (χ2v) is 6.73. The first-order valence-corrected chi connectivity index (χ1v) is 9.46. The lowest BCUT2D eigenvalue weighted by atomic mass is 10.1. The molecule has 2 aromatic carbocycles. The highest BCUT2D eigenvalue weighted by Gasteiger charge is 2.12. The summed E-state index contributed by atoms with van der Waals surface area (Å²) in [5, 5.41) is 7.05. The summed E-state index contributed by atoms with van der Waals surface area (Å²) in [5.41, 5.74) is 2.01. The number of nitrogens with one attached hydrogen (secondary N) is 2. The van der Waals surface area contributed by atoms with Gasteiger partial charge in [-0.2, -0.15) is 0 Å². The molecule has 134 valence electrons. The van der Waals surface area contributed by atoms with E-state index in [4.69, 9.17) is 21.7 Å². The van der Waals surface area contributed by atoms with E-state index in [1.807, 2.05) is 56.3 Å². The van der Waals surface area contributed by atoms with Crippen LogP contribution in [-0.2, 0) is 0 Å². The number of ether oxygens (including phenoxy) is 2. The predicted molar refractivity (Wildman–Crippen MR) is 111 cm³/mol. The number of benzene rings is 2. The molecule has 0 aliphatic carbocycles. The van der Waals surface area contributed by atoms with Crippen molar-refractivity contribution in [1.29, 1.82) is 0 Å². The van der Waals surface area contributed by atoms with Gasteiger partial charge >= 0.3 is 0 Å². The van der Waals surface area contributed by atoms with Crippen LogP contribution in [0.3, 0.4) is 0 Å². The summed E-state index contributed by atoms with van der Waals surface area (Å²) in [6.45, 7) is 7.17. The van der Waals surface area contributed by atoms with Gasteiger partial charge in [-0.05, 0) is 68.9 Å². The van der Waals surface area contributed by atoms with Crippen LogP contribution in [0.15, 0.2) is 46.9 Å². The summed E-state index contributed by atoms with van der Waals surface area (Å²) in [6.07, 6.45) is 0. The zero-order chi connectivity index (χ0) is 18.2. The monoisotopic (exact) mass is 422 g/mol. The molecule has 0 radical (unpaired) electrons. The van der Waals surface area contributed by atoms with Gasteiger partial charge in [0, 0.05) is 10.2 Å². The molecule has 0 spiro atoms. The SMILES string of the molecule is CCOc1ccc(C(C)NC(=S)Nc2cccc(Br)c2)cc1OCC. The van der Waals surface area contributed by atoms with Crippen LogP contribution in [0.5, 0.6) is 11.5 Å². The molecule has 1 atom stereocenters. The molecule has 6 heteroatoms. The minimum atomic E-state index is 0.0297. The van der Waals surface area contributed by atoms with Crippen molar-refractivity contribution in [2.45, 2.75) is 26.8 Å². The molecule has 0 fully saturated rings. The topological polar surface area (TPSA) is 42.5 Å². The Morgan fingerprint density at radius 2 is 1.80 bits per heavy atom. The quantitative estimate of drug-likeness (QED) is 0.592. The molecule has 0 saturated heterocycles. The third-order valence-corrected chi connectivity index (χ3v) is 4.21. The van der Waals surface area contributed by atoms with Crippen molar-refractivity contribution in [2.75, 3.05) is 18.5 Å². The molecule has 4 nitrogen and oxygen atoms in total. The minimum absolute atomic E-state index is 0.0297. The van der Waals surface area contributed by atoms with E-state index in [-0.39, 0.29) is 6.04 Å². The molecule has 1 unspecified atom stereocenters. The smallest absolute Gasteiger partial charge is 0.171 e. The lowest BCUT2D eigenvalue weighted by Crippen LogP contribution is -2.30. The second-order valence-electron chi connectivity index (χ2n) is 5.40. The van der Waals surface area contributed by atoms with Crippen LogP contribution in [0, 0.1) is 0 Å². The number of rotatable bonds is 7. The third kappa shape index (κ3) is 5.90. The zero-order valence-electron chi connectivity index (χ0n) is 14.6. The summed E-state index contributed by atoms with van der Waals surface area (Å²) in [7, 11) is 0. The van der Waals surface area contributed by atoms with Crippen molar-refractivity contribution in [3.8, 4) is 11.5 Å². The van der Waals surface area contributed by atoms with Gasteiger partial charge in [0.25, 0.3) is 0 Å². The molecule has 0 saturated carbocycles. The number of halogens is 1. The fourth-order valence-corrected chi connectivity index (χ4v) is 3.04. The first kappa shape index (κ1) is 19.5. The molecule has 0 aliphatic heterocycles. The number of hydrogen-bond donors (Lipinski definition) is 2. The molecule has 2 N–H and O–H groups in total. The molecular formula is C19H23BrN2O2S. The number of anilines is 1. The van der Waals surface area contributed by atoms with Gasteiger partial charge in [-0.15, -0.1) is 0 Å². The Morgan fingerprint density at radius 1 is 1.08 bits per heavy atom. The van der Waals surface area contributed by atoms with Gasteiger partial charge < -0.3 is 20.1 Å². The normalized spacial score (nSPS) is 11.5. The van der Waals surface area contributed by atoms with Crippen LogP contribution in [0.4, 0.5) is 5.69 Å². The molecule has 0 aliphatic rings. The summed E-state index contributed by atoms with van der Waals surface area (Å²) < 4.78 is 12.3. The van der Waals surface area contributed by atoms with Crippen molar-refractivity contribution >= 4 is 38.9 Å². The maximum atomic E-state index is 5.69. The largest absolute Gasteiger partial charge is 0.490 e. The summed E-state index contributed by atoms with van der Waals surface area (Å²) in [6, 6.07) is 13.9. The van der Waals surface area contributed by atoms with E-state index >= 15 is 0 Å². The van der Waals surface area contributed by atoms with E-state index in [1.54, 1.807) is 0 Å².